The number of nitrogens with zero attached hydrogens (tertiary/aromatic N) is 3. The van der Waals surface area contributed by atoms with Gasteiger partial charge in [0.05, 0.1) is 11.0 Å². The van der Waals surface area contributed by atoms with Crippen LogP contribution in [0.4, 0.5) is 0 Å². The molecule has 148 valence electrons. The van der Waals surface area contributed by atoms with Crippen LogP contribution in [-0.4, -0.2) is 59.9 Å². The molecule has 0 atom stereocenters. The van der Waals surface area contributed by atoms with Crippen LogP contribution in [0.25, 0.3) is 11.0 Å². The molecule has 0 aliphatic carbocycles. The number of imidazole rings is 1. The predicted octanol–water partition coefficient (Wildman–Crippen LogP) is 2.81. The third-order valence-corrected chi connectivity index (χ3v) is 6.75. The van der Waals surface area contributed by atoms with Gasteiger partial charge in [-0.25, -0.2) is 4.98 Å². The number of para-hydroxylation sites is 2. The van der Waals surface area contributed by atoms with Crippen LogP contribution in [0.15, 0.2) is 29.3 Å². The van der Waals surface area contributed by atoms with E-state index in [2.05, 4.69) is 56.6 Å². The zero-order chi connectivity index (χ0) is 19.1. The van der Waals surface area contributed by atoms with Gasteiger partial charge in [-0.2, -0.15) is 11.8 Å². The van der Waals surface area contributed by atoms with Gasteiger partial charge in [0.2, 0.25) is 0 Å². The van der Waals surface area contributed by atoms with Crippen molar-refractivity contribution in [2.24, 2.45) is 4.99 Å². The van der Waals surface area contributed by atoms with Crippen LogP contribution in [0.3, 0.4) is 0 Å². The van der Waals surface area contributed by atoms with Crippen molar-refractivity contribution in [3.63, 3.8) is 0 Å². The van der Waals surface area contributed by atoms with Gasteiger partial charge in [0.1, 0.15) is 5.82 Å². The van der Waals surface area contributed by atoms with E-state index in [1.807, 2.05) is 24.9 Å². The molecule has 0 saturated carbocycles. The standard InChI is InChI=1S/C20H31N5OS/c1-16-24-17-7-4-5-8-18(17)25(16)12-6-11-22-19(21-2)23-15-20(27-3)9-13-26-14-10-20/h4-5,7-8H,6,9-15H2,1-3H3,(H2,21,22,23). The summed E-state index contributed by atoms with van der Waals surface area (Å²) in [5.41, 5.74) is 2.28. The summed E-state index contributed by atoms with van der Waals surface area (Å²) in [5.74, 6) is 1.95. The zero-order valence-corrected chi connectivity index (χ0v) is 17.4. The number of ether oxygens (including phenoxy) is 1. The second-order valence-electron chi connectivity index (χ2n) is 7.00. The molecule has 1 aliphatic rings. The van der Waals surface area contributed by atoms with Gasteiger partial charge in [-0.1, -0.05) is 12.1 Å². The molecule has 1 aromatic heterocycles. The second kappa shape index (κ2) is 9.46. The highest BCUT2D eigenvalue weighted by atomic mass is 32.2. The Hall–Kier alpha value is -1.73. The first-order chi connectivity index (χ1) is 13.2. The van der Waals surface area contributed by atoms with Crippen molar-refractivity contribution in [3.8, 4) is 0 Å². The van der Waals surface area contributed by atoms with Crippen LogP contribution >= 0.6 is 11.8 Å². The highest BCUT2D eigenvalue weighted by Gasteiger charge is 2.31. The van der Waals surface area contributed by atoms with Crippen LogP contribution in [-0.2, 0) is 11.3 Å². The van der Waals surface area contributed by atoms with E-state index in [9.17, 15) is 0 Å². The fourth-order valence-electron chi connectivity index (χ4n) is 3.58. The molecule has 1 fully saturated rings. The van der Waals surface area contributed by atoms with Crippen molar-refractivity contribution in [1.29, 1.82) is 0 Å². The summed E-state index contributed by atoms with van der Waals surface area (Å²) >= 11 is 1.94. The monoisotopic (exact) mass is 389 g/mol. The lowest BCUT2D eigenvalue weighted by Gasteiger charge is -2.36. The van der Waals surface area contributed by atoms with E-state index in [0.717, 1.165) is 69.4 Å². The van der Waals surface area contributed by atoms with Crippen molar-refractivity contribution in [3.05, 3.63) is 30.1 Å². The average molecular weight is 390 g/mol. The second-order valence-corrected chi connectivity index (χ2v) is 8.28. The summed E-state index contributed by atoms with van der Waals surface area (Å²) in [5, 5.41) is 6.95. The number of benzene rings is 1. The SMILES string of the molecule is CN=C(NCCCn1c(C)nc2ccccc21)NCC1(SC)CCOCC1. The van der Waals surface area contributed by atoms with Gasteiger partial charge in [0.15, 0.2) is 5.96 Å². The van der Waals surface area contributed by atoms with E-state index >= 15 is 0 Å². The molecule has 1 aliphatic heterocycles. The molecule has 27 heavy (non-hydrogen) atoms. The fraction of sp³-hybridized carbons (Fsp3) is 0.600. The number of aromatic nitrogens is 2. The molecule has 2 N–H and O–H groups in total. The topological polar surface area (TPSA) is 63.5 Å². The number of rotatable bonds is 7. The molecule has 0 bridgehead atoms. The lowest BCUT2D eigenvalue weighted by Crippen LogP contribution is -2.48. The van der Waals surface area contributed by atoms with Gasteiger partial charge in [0, 0.05) is 44.6 Å². The summed E-state index contributed by atoms with van der Waals surface area (Å²) in [4.78, 5) is 9.01. The number of fused-ring (bicyclic) bond motifs is 1. The maximum Gasteiger partial charge on any atom is 0.191 e. The van der Waals surface area contributed by atoms with E-state index in [0.29, 0.717) is 0 Å². The molecule has 0 amide bonds. The number of aliphatic imine (C=N–C) groups is 1. The van der Waals surface area contributed by atoms with E-state index in [1.54, 1.807) is 0 Å². The van der Waals surface area contributed by atoms with Gasteiger partial charge in [-0.15, -0.1) is 0 Å². The molecule has 2 aromatic rings. The largest absolute Gasteiger partial charge is 0.381 e. The van der Waals surface area contributed by atoms with Gasteiger partial charge in [0.25, 0.3) is 0 Å². The molecule has 2 heterocycles. The predicted molar refractivity (Wildman–Crippen MR) is 115 cm³/mol. The first kappa shape index (κ1) is 20.0. The summed E-state index contributed by atoms with van der Waals surface area (Å²) in [6.07, 6.45) is 5.39. The van der Waals surface area contributed by atoms with Crippen LogP contribution in [0.2, 0.25) is 0 Å². The minimum atomic E-state index is 0.253. The Labute approximate surface area is 166 Å². The molecule has 0 radical (unpaired) electrons. The maximum atomic E-state index is 5.52. The van der Waals surface area contributed by atoms with Crippen molar-refractivity contribution in [2.45, 2.75) is 37.5 Å². The van der Waals surface area contributed by atoms with Gasteiger partial charge >= 0.3 is 0 Å². The molecule has 3 rings (SSSR count). The Morgan fingerprint density at radius 3 is 2.81 bits per heavy atom. The Morgan fingerprint density at radius 1 is 1.30 bits per heavy atom. The molecule has 0 spiro atoms. The Balaban J connectivity index is 1.46. The molecule has 0 unspecified atom stereocenters. The molecule has 7 heteroatoms. The van der Waals surface area contributed by atoms with Crippen molar-refractivity contribution in [2.75, 3.05) is 39.6 Å². The minimum Gasteiger partial charge on any atom is -0.381 e. The number of hydrogen-bond acceptors (Lipinski definition) is 4. The van der Waals surface area contributed by atoms with E-state index in [-0.39, 0.29) is 4.75 Å². The van der Waals surface area contributed by atoms with Crippen LogP contribution in [0.1, 0.15) is 25.1 Å². The molecular formula is C20H31N5OS. The summed E-state index contributed by atoms with van der Waals surface area (Å²) in [7, 11) is 1.83. The molecule has 1 saturated heterocycles. The number of hydrogen-bond donors (Lipinski definition) is 2. The number of thioether (sulfide) groups is 1. The van der Waals surface area contributed by atoms with E-state index in [1.165, 1.54) is 5.52 Å². The van der Waals surface area contributed by atoms with Crippen molar-refractivity contribution in [1.82, 2.24) is 20.2 Å². The lowest BCUT2D eigenvalue weighted by atomic mass is 9.99. The number of nitrogens with one attached hydrogen (secondary N) is 2. The van der Waals surface area contributed by atoms with E-state index in [4.69, 9.17) is 4.74 Å². The maximum absolute atomic E-state index is 5.52. The normalized spacial score (nSPS) is 17.2. The molecule has 6 nitrogen and oxygen atoms in total. The lowest BCUT2D eigenvalue weighted by molar-refractivity contribution is 0.0783. The smallest absolute Gasteiger partial charge is 0.191 e. The summed E-state index contributed by atoms with van der Waals surface area (Å²) in [6, 6.07) is 8.32. The van der Waals surface area contributed by atoms with E-state index < -0.39 is 0 Å². The van der Waals surface area contributed by atoms with Crippen LogP contribution in [0, 0.1) is 6.92 Å². The first-order valence-electron chi connectivity index (χ1n) is 9.67. The third-order valence-electron chi connectivity index (χ3n) is 5.34. The van der Waals surface area contributed by atoms with Gasteiger partial charge < -0.3 is 19.9 Å². The Kier molecular flexibility index (Phi) is 7.01. The first-order valence-corrected chi connectivity index (χ1v) is 10.9. The third kappa shape index (κ3) is 4.96. The summed E-state index contributed by atoms with van der Waals surface area (Å²) < 4.78 is 8.06. The highest BCUT2D eigenvalue weighted by molar-refractivity contribution is 8.00. The minimum absolute atomic E-state index is 0.253. The van der Waals surface area contributed by atoms with Crippen LogP contribution < -0.4 is 10.6 Å². The number of aryl methyl sites for hydroxylation is 2. The highest BCUT2D eigenvalue weighted by Crippen LogP contribution is 2.32. The number of guanidine groups is 1. The average Bonchev–Trinajstić information content (AvgIpc) is 3.03. The Bertz CT molecular complexity index is 767. The summed E-state index contributed by atoms with van der Waals surface area (Å²) in [6.45, 7) is 6.52. The van der Waals surface area contributed by atoms with Crippen molar-refractivity contribution < 1.29 is 4.74 Å². The van der Waals surface area contributed by atoms with Crippen LogP contribution in [0.5, 0.6) is 0 Å². The molecular weight excluding hydrogens is 358 g/mol. The Morgan fingerprint density at radius 2 is 2.07 bits per heavy atom. The van der Waals surface area contributed by atoms with Gasteiger partial charge in [-0.05, 0) is 44.6 Å². The molecule has 1 aromatic carbocycles. The van der Waals surface area contributed by atoms with Crippen molar-refractivity contribution >= 4 is 28.8 Å². The quantitative estimate of drug-likeness (QED) is 0.433. The zero-order valence-electron chi connectivity index (χ0n) is 16.6. The fourth-order valence-corrected chi connectivity index (χ4v) is 4.38. The van der Waals surface area contributed by atoms with Gasteiger partial charge in [-0.3, -0.25) is 4.99 Å².